The summed E-state index contributed by atoms with van der Waals surface area (Å²) in [6, 6.07) is 3.82. The lowest BCUT2D eigenvalue weighted by Gasteiger charge is -2.40. The van der Waals surface area contributed by atoms with E-state index in [1.807, 2.05) is 53.7 Å². The summed E-state index contributed by atoms with van der Waals surface area (Å²) in [6.45, 7) is 12.7. The number of ether oxygens (including phenoxy) is 1. The van der Waals surface area contributed by atoms with Gasteiger partial charge in [-0.3, -0.25) is 0 Å². The molecule has 0 fully saturated rings. The quantitative estimate of drug-likeness (QED) is 0.578. The van der Waals surface area contributed by atoms with Gasteiger partial charge in [0.2, 0.25) is 0 Å². The lowest BCUT2D eigenvalue weighted by atomic mass is 9.84. The highest BCUT2D eigenvalue weighted by molar-refractivity contribution is 5.49. The number of benzene rings is 1. The van der Waals surface area contributed by atoms with Crippen LogP contribution < -0.4 is 4.74 Å². The van der Waals surface area contributed by atoms with Gasteiger partial charge >= 0.3 is 0 Å². The van der Waals surface area contributed by atoms with Gasteiger partial charge in [0.05, 0.1) is 0 Å². The summed E-state index contributed by atoms with van der Waals surface area (Å²) in [6.07, 6.45) is -7.65. The zero-order valence-corrected chi connectivity index (χ0v) is 17.5. The highest BCUT2D eigenvalue weighted by Crippen LogP contribution is 2.46. The molecule has 0 saturated carbocycles. The van der Waals surface area contributed by atoms with E-state index in [1.54, 1.807) is 0 Å². The zero-order chi connectivity index (χ0) is 21.5. The van der Waals surface area contributed by atoms with E-state index >= 15 is 0 Å². The minimum atomic E-state index is -2.62. The van der Waals surface area contributed by atoms with Crippen LogP contribution in [0.3, 0.4) is 0 Å². The SMILES string of the molecule is CC(C)c1cc(C(C)C)c(O[C@@]2(C)C(F)=C(F)C(O)C(F)C2F)c(C(C)C)c1. The van der Waals surface area contributed by atoms with Crippen LogP contribution in [-0.4, -0.2) is 29.2 Å². The lowest BCUT2D eigenvalue weighted by Crippen LogP contribution is -2.55. The van der Waals surface area contributed by atoms with Gasteiger partial charge in [0.1, 0.15) is 11.9 Å². The number of aliphatic hydroxyl groups excluding tert-OH is 1. The number of alkyl halides is 2. The Morgan fingerprint density at radius 1 is 0.929 bits per heavy atom. The molecular weight excluding hydrogens is 372 g/mol. The van der Waals surface area contributed by atoms with Gasteiger partial charge in [0, 0.05) is 0 Å². The fourth-order valence-corrected chi connectivity index (χ4v) is 3.41. The Labute approximate surface area is 164 Å². The molecule has 4 atom stereocenters. The summed E-state index contributed by atoms with van der Waals surface area (Å²) in [7, 11) is 0. The minimum Gasteiger partial charge on any atom is -0.477 e. The maximum atomic E-state index is 14.8. The Kier molecular flexibility index (Phi) is 6.54. The Morgan fingerprint density at radius 3 is 1.79 bits per heavy atom. The van der Waals surface area contributed by atoms with Crippen molar-refractivity contribution in [3.8, 4) is 5.75 Å². The zero-order valence-electron chi connectivity index (χ0n) is 17.5. The molecule has 6 heteroatoms. The second-order valence-electron chi connectivity index (χ2n) is 8.65. The van der Waals surface area contributed by atoms with Gasteiger partial charge in [-0.2, -0.15) is 0 Å². The highest BCUT2D eigenvalue weighted by Gasteiger charge is 2.56. The molecule has 1 aromatic carbocycles. The molecule has 1 aromatic rings. The maximum Gasteiger partial charge on any atom is 0.194 e. The Balaban J connectivity index is 2.70. The predicted molar refractivity (Wildman–Crippen MR) is 103 cm³/mol. The average Bonchev–Trinajstić information content (AvgIpc) is 2.63. The normalized spacial score (nSPS) is 28.6. The molecule has 0 bridgehead atoms. The molecule has 0 aromatic heterocycles. The fraction of sp³-hybridized carbons (Fsp3) is 0.636. The molecule has 0 spiro atoms. The van der Waals surface area contributed by atoms with Crippen molar-refractivity contribution < 1.29 is 27.4 Å². The molecule has 1 N–H and O–H groups in total. The largest absolute Gasteiger partial charge is 0.477 e. The van der Waals surface area contributed by atoms with Crippen molar-refractivity contribution in [2.75, 3.05) is 0 Å². The summed E-state index contributed by atoms with van der Waals surface area (Å²) in [5, 5.41) is 9.43. The standard InChI is InChI=1S/C22H30F4O2/c1-10(2)13-8-14(11(3)4)19(15(9-13)12(5)6)28-22(7)20(25)16(23)18(27)17(24)21(22)26/h8-12,16,18,20,27H,1-7H3/t16?,18?,20?,22-/m1/s1. The van der Waals surface area contributed by atoms with Gasteiger partial charge in [0.15, 0.2) is 29.6 Å². The minimum absolute atomic E-state index is 0.0416. The topological polar surface area (TPSA) is 29.5 Å². The van der Waals surface area contributed by atoms with Crippen LogP contribution >= 0.6 is 0 Å². The van der Waals surface area contributed by atoms with E-state index in [1.165, 1.54) is 0 Å². The monoisotopic (exact) mass is 402 g/mol. The predicted octanol–water partition coefficient (Wildman–Crippen LogP) is 6.40. The smallest absolute Gasteiger partial charge is 0.194 e. The van der Waals surface area contributed by atoms with Crippen molar-refractivity contribution in [3.63, 3.8) is 0 Å². The first-order valence-corrected chi connectivity index (χ1v) is 9.71. The molecule has 0 amide bonds. The number of hydrogen-bond acceptors (Lipinski definition) is 2. The van der Waals surface area contributed by atoms with Gasteiger partial charge in [-0.15, -0.1) is 0 Å². The molecule has 0 saturated heterocycles. The number of rotatable bonds is 5. The van der Waals surface area contributed by atoms with E-state index in [0.717, 1.165) is 23.6 Å². The van der Waals surface area contributed by atoms with Crippen LogP contribution in [0.25, 0.3) is 0 Å². The van der Waals surface area contributed by atoms with Gasteiger partial charge < -0.3 is 9.84 Å². The Hall–Kier alpha value is -1.56. The second-order valence-corrected chi connectivity index (χ2v) is 8.65. The van der Waals surface area contributed by atoms with Crippen LogP contribution in [-0.2, 0) is 0 Å². The Morgan fingerprint density at radius 2 is 1.39 bits per heavy atom. The molecule has 1 aliphatic rings. The van der Waals surface area contributed by atoms with Gasteiger partial charge in [-0.05, 0) is 41.4 Å². The van der Waals surface area contributed by atoms with Crippen LogP contribution in [0.1, 0.15) is 82.9 Å². The Bertz CT molecular complexity index is 728. The molecule has 0 heterocycles. The average molecular weight is 402 g/mol. The van der Waals surface area contributed by atoms with Gasteiger partial charge in [0.25, 0.3) is 0 Å². The highest BCUT2D eigenvalue weighted by atomic mass is 19.2. The first-order chi connectivity index (χ1) is 12.8. The molecular formula is C22H30F4O2. The third-order valence-electron chi connectivity index (χ3n) is 5.41. The van der Waals surface area contributed by atoms with E-state index < -0.39 is 35.7 Å². The molecule has 2 nitrogen and oxygen atoms in total. The van der Waals surface area contributed by atoms with E-state index in [2.05, 4.69) is 0 Å². The van der Waals surface area contributed by atoms with E-state index in [9.17, 15) is 22.7 Å². The summed E-state index contributed by atoms with van der Waals surface area (Å²) >= 11 is 0. The van der Waals surface area contributed by atoms with Crippen molar-refractivity contribution >= 4 is 0 Å². The van der Waals surface area contributed by atoms with E-state index in [4.69, 9.17) is 4.74 Å². The van der Waals surface area contributed by atoms with Crippen LogP contribution in [0.15, 0.2) is 23.8 Å². The van der Waals surface area contributed by atoms with Gasteiger partial charge in [-0.25, -0.2) is 17.6 Å². The lowest BCUT2D eigenvalue weighted by molar-refractivity contribution is -0.0780. The number of hydrogen-bond donors (Lipinski definition) is 1. The molecule has 158 valence electrons. The second kappa shape index (κ2) is 8.05. The molecule has 28 heavy (non-hydrogen) atoms. The van der Waals surface area contributed by atoms with Gasteiger partial charge in [-0.1, -0.05) is 53.7 Å². The molecule has 2 rings (SSSR count). The summed E-state index contributed by atoms with van der Waals surface area (Å²) in [4.78, 5) is 0. The van der Waals surface area contributed by atoms with Crippen molar-refractivity contribution in [2.45, 2.75) is 90.3 Å². The number of aliphatic hydroxyl groups is 1. The van der Waals surface area contributed by atoms with Crippen LogP contribution in [0.4, 0.5) is 17.6 Å². The third-order valence-corrected chi connectivity index (χ3v) is 5.41. The van der Waals surface area contributed by atoms with Crippen molar-refractivity contribution in [3.05, 3.63) is 40.5 Å². The van der Waals surface area contributed by atoms with Crippen LogP contribution in [0, 0.1) is 0 Å². The molecule has 0 aliphatic heterocycles. The summed E-state index contributed by atoms with van der Waals surface area (Å²) < 4.78 is 63.4. The first kappa shape index (κ1) is 22.7. The molecule has 1 aliphatic carbocycles. The van der Waals surface area contributed by atoms with Crippen LogP contribution in [0.5, 0.6) is 5.75 Å². The number of halogens is 4. The fourth-order valence-electron chi connectivity index (χ4n) is 3.41. The third kappa shape index (κ3) is 3.80. The van der Waals surface area contributed by atoms with Crippen molar-refractivity contribution in [1.82, 2.24) is 0 Å². The first-order valence-electron chi connectivity index (χ1n) is 9.71. The van der Waals surface area contributed by atoms with Crippen molar-refractivity contribution in [2.24, 2.45) is 0 Å². The van der Waals surface area contributed by atoms with Crippen LogP contribution in [0.2, 0.25) is 0 Å². The summed E-state index contributed by atoms with van der Waals surface area (Å²) in [5.74, 6) is -2.95. The van der Waals surface area contributed by atoms with E-state index in [0.29, 0.717) is 0 Å². The molecule has 3 unspecified atom stereocenters. The van der Waals surface area contributed by atoms with E-state index in [-0.39, 0.29) is 23.5 Å². The summed E-state index contributed by atoms with van der Waals surface area (Å²) in [5.41, 5.74) is -0.0162. The van der Waals surface area contributed by atoms with Crippen molar-refractivity contribution in [1.29, 1.82) is 0 Å². The molecule has 0 radical (unpaired) electrons. The maximum absolute atomic E-state index is 14.8.